The van der Waals surface area contributed by atoms with Gasteiger partial charge in [0.2, 0.25) is 6.39 Å². The Bertz CT molecular complexity index is 623. The molecule has 1 saturated heterocycles. The second-order valence-corrected chi connectivity index (χ2v) is 4.65. The summed E-state index contributed by atoms with van der Waals surface area (Å²) in [4.78, 5) is 35.2. The maximum atomic E-state index is 12.2. The van der Waals surface area contributed by atoms with Crippen LogP contribution in [0.5, 0.6) is 0 Å². The number of nitrogens with one attached hydrogen (secondary N) is 1. The number of nitrogens with zero attached hydrogens (tertiary/aromatic N) is 4. The maximum Gasteiger partial charge on any atom is 0.273 e. The van der Waals surface area contributed by atoms with Gasteiger partial charge in [0.1, 0.15) is 5.69 Å². The van der Waals surface area contributed by atoms with Crippen molar-refractivity contribution in [3.63, 3.8) is 0 Å². The first-order chi connectivity index (χ1) is 9.74. The fourth-order valence-corrected chi connectivity index (χ4v) is 2.32. The number of hydrogen-bond acceptors (Lipinski definition) is 6. The molecule has 1 N–H and O–H groups in total. The lowest BCUT2D eigenvalue weighted by Gasteiger charge is -2.30. The SMILES string of the molecule is O=C(c1c[nH]c(=O)cn1)N1CCC(c2ncon2)CC1. The smallest absolute Gasteiger partial charge is 0.273 e. The molecule has 1 fully saturated rings. The maximum absolute atomic E-state index is 12.2. The normalized spacial score (nSPS) is 16.3. The van der Waals surface area contributed by atoms with E-state index in [2.05, 4.69) is 20.1 Å². The third kappa shape index (κ3) is 2.44. The Labute approximate surface area is 113 Å². The van der Waals surface area contributed by atoms with Gasteiger partial charge in [-0.2, -0.15) is 4.98 Å². The average Bonchev–Trinajstić information content (AvgIpc) is 3.02. The van der Waals surface area contributed by atoms with E-state index in [4.69, 9.17) is 4.52 Å². The molecule has 0 saturated carbocycles. The first-order valence-corrected chi connectivity index (χ1v) is 6.34. The van der Waals surface area contributed by atoms with Gasteiger partial charge >= 0.3 is 0 Å². The third-order valence-corrected chi connectivity index (χ3v) is 3.42. The van der Waals surface area contributed by atoms with Crippen LogP contribution in [0.1, 0.15) is 35.1 Å². The number of hydrogen-bond donors (Lipinski definition) is 1. The number of rotatable bonds is 2. The van der Waals surface area contributed by atoms with Crippen molar-refractivity contribution in [2.24, 2.45) is 0 Å². The Balaban J connectivity index is 1.64. The molecule has 3 heterocycles. The van der Waals surface area contributed by atoms with Crippen LogP contribution in [0.2, 0.25) is 0 Å². The monoisotopic (exact) mass is 275 g/mol. The lowest BCUT2D eigenvalue weighted by atomic mass is 9.96. The fourth-order valence-electron chi connectivity index (χ4n) is 2.32. The van der Waals surface area contributed by atoms with Crippen molar-refractivity contribution in [1.29, 1.82) is 0 Å². The molecule has 104 valence electrons. The van der Waals surface area contributed by atoms with E-state index in [-0.39, 0.29) is 23.1 Å². The van der Waals surface area contributed by atoms with Gasteiger partial charge in [-0.1, -0.05) is 5.16 Å². The van der Waals surface area contributed by atoms with E-state index in [9.17, 15) is 9.59 Å². The number of amides is 1. The van der Waals surface area contributed by atoms with E-state index in [0.29, 0.717) is 18.9 Å². The van der Waals surface area contributed by atoms with E-state index in [0.717, 1.165) is 19.0 Å². The lowest BCUT2D eigenvalue weighted by molar-refractivity contribution is 0.0704. The number of carbonyl (C=O) groups excluding carboxylic acids is 1. The predicted molar refractivity (Wildman–Crippen MR) is 67.0 cm³/mol. The summed E-state index contributed by atoms with van der Waals surface area (Å²) in [5, 5.41) is 3.84. The summed E-state index contributed by atoms with van der Waals surface area (Å²) < 4.78 is 4.74. The molecule has 0 aliphatic carbocycles. The molecule has 2 aromatic heterocycles. The Morgan fingerprint density at radius 1 is 1.35 bits per heavy atom. The van der Waals surface area contributed by atoms with Crippen LogP contribution in [0.25, 0.3) is 0 Å². The van der Waals surface area contributed by atoms with Gasteiger partial charge in [-0.15, -0.1) is 0 Å². The summed E-state index contributed by atoms with van der Waals surface area (Å²) in [7, 11) is 0. The largest absolute Gasteiger partial charge is 0.343 e. The predicted octanol–water partition coefficient (Wildman–Crippen LogP) is 0.173. The highest BCUT2D eigenvalue weighted by Gasteiger charge is 2.27. The molecule has 0 bridgehead atoms. The summed E-state index contributed by atoms with van der Waals surface area (Å²) in [5.41, 5.74) is -0.0695. The number of likely N-dealkylation sites (tertiary alicyclic amines) is 1. The third-order valence-electron chi connectivity index (χ3n) is 3.42. The summed E-state index contributed by atoms with van der Waals surface area (Å²) in [5.74, 6) is 0.744. The van der Waals surface area contributed by atoms with Crippen molar-refractivity contribution in [3.05, 3.63) is 40.7 Å². The molecular weight excluding hydrogens is 262 g/mol. The molecule has 0 radical (unpaired) electrons. The van der Waals surface area contributed by atoms with Crippen LogP contribution in [0, 0.1) is 0 Å². The van der Waals surface area contributed by atoms with Gasteiger partial charge in [-0.3, -0.25) is 9.59 Å². The first-order valence-electron chi connectivity index (χ1n) is 6.34. The second-order valence-electron chi connectivity index (χ2n) is 4.65. The number of H-pyrrole nitrogens is 1. The summed E-state index contributed by atoms with van der Waals surface area (Å²) >= 11 is 0. The molecule has 3 rings (SSSR count). The van der Waals surface area contributed by atoms with Gasteiger partial charge in [-0.05, 0) is 12.8 Å². The molecule has 0 spiro atoms. The van der Waals surface area contributed by atoms with E-state index in [1.54, 1.807) is 4.90 Å². The van der Waals surface area contributed by atoms with Crippen molar-refractivity contribution in [2.45, 2.75) is 18.8 Å². The number of piperidine rings is 1. The minimum Gasteiger partial charge on any atom is -0.343 e. The zero-order valence-corrected chi connectivity index (χ0v) is 10.7. The lowest BCUT2D eigenvalue weighted by Crippen LogP contribution is -2.38. The van der Waals surface area contributed by atoms with Crippen molar-refractivity contribution >= 4 is 5.91 Å². The molecule has 1 aliphatic heterocycles. The van der Waals surface area contributed by atoms with Gasteiger partial charge in [0.25, 0.3) is 11.5 Å². The van der Waals surface area contributed by atoms with E-state index < -0.39 is 0 Å². The van der Waals surface area contributed by atoms with E-state index in [1.807, 2.05) is 0 Å². The van der Waals surface area contributed by atoms with E-state index >= 15 is 0 Å². The first kappa shape index (κ1) is 12.5. The minimum absolute atomic E-state index is 0.173. The molecule has 1 aliphatic rings. The molecule has 8 heteroatoms. The van der Waals surface area contributed by atoms with Gasteiger partial charge in [0.15, 0.2) is 5.82 Å². The minimum atomic E-state index is -0.322. The van der Waals surface area contributed by atoms with Crippen molar-refractivity contribution in [1.82, 2.24) is 25.0 Å². The van der Waals surface area contributed by atoms with Crippen LogP contribution >= 0.6 is 0 Å². The molecule has 0 atom stereocenters. The Kier molecular flexibility index (Phi) is 3.28. The zero-order chi connectivity index (χ0) is 13.9. The second kappa shape index (κ2) is 5.24. The molecule has 0 aromatic carbocycles. The van der Waals surface area contributed by atoms with Crippen molar-refractivity contribution in [3.8, 4) is 0 Å². The summed E-state index contributed by atoms with van der Waals surface area (Å²) in [6.45, 7) is 1.22. The molecule has 20 heavy (non-hydrogen) atoms. The molecule has 0 unspecified atom stereocenters. The fraction of sp³-hybridized carbons (Fsp3) is 0.417. The number of aromatic amines is 1. The summed E-state index contributed by atoms with van der Waals surface area (Å²) in [6.07, 6.45) is 5.34. The Morgan fingerprint density at radius 3 is 2.75 bits per heavy atom. The highest BCUT2D eigenvalue weighted by atomic mass is 16.5. The van der Waals surface area contributed by atoms with Crippen LogP contribution < -0.4 is 5.56 Å². The standard InChI is InChI=1S/C12H13N5O3/c18-10-6-13-9(5-14-10)12(19)17-3-1-8(2-4-17)11-15-7-20-16-11/h5-8H,1-4H2,(H,14,18). The van der Waals surface area contributed by atoms with Gasteiger partial charge in [-0.25, -0.2) is 4.98 Å². The van der Waals surface area contributed by atoms with E-state index in [1.165, 1.54) is 12.6 Å². The topological polar surface area (TPSA) is 105 Å². The molecule has 8 nitrogen and oxygen atoms in total. The quantitative estimate of drug-likeness (QED) is 0.837. The number of aromatic nitrogens is 4. The Hall–Kier alpha value is -2.51. The highest BCUT2D eigenvalue weighted by molar-refractivity contribution is 5.92. The molecule has 2 aromatic rings. The van der Waals surface area contributed by atoms with Crippen LogP contribution in [-0.2, 0) is 0 Å². The molecular formula is C12H13N5O3. The van der Waals surface area contributed by atoms with Crippen LogP contribution in [0.15, 0.2) is 28.1 Å². The average molecular weight is 275 g/mol. The van der Waals surface area contributed by atoms with Gasteiger partial charge < -0.3 is 14.4 Å². The van der Waals surface area contributed by atoms with Gasteiger partial charge in [0.05, 0.1) is 6.20 Å². The Morgan fingerprint density at radius 2 is 2.15 bits per heavy atom. The van der Waals surface area contributed by atoms with Crippen LogP contribution in [-0.4, -0.2) is 44.0 Å². The van der Waals surface area contributed by atoms with Gasteiger partial charge in [0, 0.05) is 25.2 Å². The van der Waals surface area contributed by atoms with Crippen LogP contribution in [0.3, 0.4) is 0 Å². The van der Waals surface area contributed by atoms with Crippen molar-refractivity contribution < 1.29 is 9.32 Å². The zero-order valence-electron chi connectivity index (χ0n) is 10.7. The number of carbonyl (C=O) groups is 1. The van der Waals surface area contributed by atoms with Crippen molar-refractivity contribution in [2.75, 3.05) is 13.1 Å². The summed E-state index contributed by atoms with van der Waals surface area (Å²) in [6, 6.07) is 0. The molecule has 1 amide bonds. The van der Waals surface area contributed by atoms with Crippen LogP contribution in [0.4, 0.5) is 0 Å². The highest BCUT2D eigenvalue weighted by Crippen LogP contribution is 2.25.